The Morgan fingerprint density at radius 3 is 1.47 bits per heavy atom. The van der Waals surface area contributed by atoms with E-state index in [4.69, 9.17) is 20.1 Å². The molecular weight excluding hydrogens is 424 g/mol. The van der Waals surface area contributed by atoms with Gasteiger partial charge in [0, 0.05) is 31.9 Å². The Bertz CT molecular complexity index is 996. The zero-order chi connectivity index (χ0) is 25.0. The molecule has 0 atom stereocenters. The largest absolute Gasteiger partial charge is 0.508 e. The molecule has 0 fully saturated rings. The van der Waals surface area contributed by atoms with Crippen LogP contribution in [0.5, 0.6) is 11.5 Å². The Morgan fingerprint density at radius 2 is 1.12 bits per heavy atom. The average Bonchev–Trinajstić information content (AvgIpc) is 2.64. The maximum absolute atomic E-state index is 10.7. The van der Waals surface area contributed by atoms with Crippen LogP contribution in [0.2, 0.25) is 0 Å². The van der Waals surface area contributed by atoms with E-state index < -0.39 is 29.8 Å². The van der Waals surface area contributed by atoms with Crippen LogP contribution >= 0.6 is 0 Å². The maximum Gasteiger partial charge on any atom is 0.336 e. The summed E-state index contributed by atoms with van der Waals surface area (Å²) in [4.78, 5) is 51.5. The van der Waals surface area contributed by atoms with Crippen molar-refractivity contribution in [2.45, 2.75) is 34.6 Å². The molecule has 0 radical (unpaired) electrons. The molecule has 32 heavy (non-hydrogen) atoms. The molecule has 0 unspecified atom stereocenters. The second-order valence-electron chi connectivity index (χ2n) is 6.17. The van der Waals surface area contributed by atoms with Gasteiger partial charge in [0.2, 0.25) is 0 Å². The van der Waals surface area contributed by atoms with Crippen molar-refractivity contribution in [3.8, 4) is 11.5 Å². The standard InChI is InChI=1S/C10H10O4.C8H8O3.C4H6O3/c1-6-8(10(12)13)4-3-5-9(6)14-7(2)11;1-5-6(8(10)11)3-2-4-7(5)9;1-3(5)7-4(2)6/h3-5H,1-2H3,(H,12,13);2-4,9H,1H3,(H,10,11);1-2H3. The van der Waals surface area contributed by atoms with Gasteiger partial charge in [0.05, 0.1) is 11.1 Å². The normalized spacial score (nSPS) is 9.16. The van der Waals surface area contributed by atoms with Gasteiger partial charge in [-0.05, 0) is 38.1 Å². The molecule has 0 aliphatic heterocycles. The second kappa shape index (κ2) is 13.2. The summed E-state index contributed by atoms with van der Waals surface area (Å²) in [6.07, 6.45) is 0. The lowest BCUT2D eigenvalue weighted by Gasteiger charge is -2.07. The molecule has 0 heterocycles. The molecule has 3 N–H and O–H groups in total. The zero-order valence-corrected chi connectivity index (χ0v) is 18.2. The minimum absolute atomic E-state index is 0.0184. The highest BCUT2D eigenvalue weighted by Gasteiger charge is 2.11. The first-order valence-electron chi connectivity index (χ1n) is 9.00. The Balaban J connectivity index is 0.000000478. The molecule has 0 amide bonds. The van der Waals surface area contributed by atoms with Gasteiger partial charge in [-0.3, -0.25) is 14.4 Å². The number of carbonyl (C=O) groups excluding carboxylic acids is 3. The lowest BCUT2D eigenvalue weighted by molar-refractivity contribution is -0.156. The molecule has 0 aromatic heterocycles. The minimum Gasteiger partial charge on any atom is -0.508 e. The Morgan fingerprint density at radius 1 is 0.688 bits per heavy atom. The number of ether oxygens (including phenoxy) is 2. The van der Waals surface area contributed by atoms with Crippen molar-refractivity contribution in [2.75, 3.05) is 0 Å². The topological polar surface area (TPSA) is 164 Å². The van der Waals surface area contributed by atoms with Gasteiger partial charge in [-0.1, -0.05) is 12.1 Å². The number of carboxylic acids is 2. The second-order valence-corrected chi connectivity index (χ2v) is 6.17. The number of aromatic carboxylic acids is 2. The van der Waals surface area contributed by atoms with Gasteiger partial charge >= 0.3 is 29.8 Å². The van der Waals surface area contributed by atoms with Crippen LogP contribution in [-0.4, -0.2) is 45.2 Å². The number of esters is 3. The smallest absolute Gasteiger partial charge is 0.336 e. The van der Waals surface area contributed by atoms with Gasteiger partial charge in [-0.2, -0.15) is 0 Å². The molecule has 0 saturated heterocycles. The number of benzene rings is 2. The maximum atomic E-state index is 10.7. The number of rotatable bonds is 3. The Hall–Kier alpha value is -4.21. The van der Waals surface area contributed by atoms with Crippen molar-refractivity contribution in [3.05, 3.63) is 58.7 Å². The third-order valence-electron chi connectivity index (χ3n) is 3.59. The molecule has 10 nitrogen and oxygen atoms in total. The number of hydrogen-bond acceptors (Lipinski definition) is 8. The lowest BCUT2D eigenvalue weighted by Crippen LogP contribution is -2.06. The van der Waals surface area contributed by atoms with Gasteiger partial charge < -0.3 is 24.8 Å². The van der Waals surface area contributed by atoms with E-state index in [0.29, 0.717) is 11.1 Å². The number of hydrogen-bond donors (Lipinski definition) is 3. The number of phenols is 1. The van der Waals surface area contributed by atoms with E-state index in [1.54, 1.807) is 19.9 Å². The first-order valence-corrected chi connectivity index (χ1v) is 9.00. The molecule has 10 heteroatoms. The van der Waals surface area contributed by atoms with E-state index in [-0.39, 0.29) is 22.6 Å². The van der Waals surface area contributed by atoms with E-state index in [9.17, 15) is 24.0 Å². The summed E-state index contributed by atoms with van der Waals surface area (Å²) in [5.74, 6) is -3.33. The third-order valence-corrected chi connectivity index (χ3v) is 3.59. The van der Waals surface area contributed by atoms with Gasteiger partial charge in [-0.15, -0.1) is 0 Å². The number of phenolic OH excluding ortho intramolecular Hbond substituents is 1. The van der Waals surface area contributed by atoms with Crippen LogP contribution in [0.1, 0.15) is 52.6 Å². The van der Waals surface area contributed by atoms with Crippen molar-refractivity contribution in [3.63, 3.8) is 0 Å². The van der Waals surface area contributed by atoms with Crippen LogP contribution in [0.4, 0.5) is 0 Å². The summed E-state index contributed by atoms with van der Waals surface area (Å²) in [7, 11) is 0. The monoisotopic (exact) mass is 448 g/mol. The first-order chi connectivity index (χ1) is 14.8. The van der Waals surface area contributed by atoms with Gasteiger partial charge in [0.25, 0.3) is 0 Å². The molecule has 2 rings (SSSR count). The molecule has 2 aromatic carbocycles. The molecule has 0 saturated carbocycles. The van der Waals surface area contributed by atoms with Crippen molar-refractivity contribution in [2.24, 2.45) is 0 Å². The molecule has 0 bridgehead atoms. The SMILES string of the molecule is CC(=O)OC(C)=O.CC(=O)Oc1cccc(C(=O)O)c1C.Cc1c(O)cccc1C(=O)O. The third kappa shape index (κ3) is 10.0. The zero-order valence-electron chi connectivity index (χ0n) is 18.2. The van der Waals surface area contributed by atoms with Crippen LogP contribution in [0.15, 0.2) is 36.4 Å². The van der Waals surface area contributed by atoms with Crippen LogP contribution < -0.4 is 4.74 Å². The lowest BCUT2D eigenvalue weighted by atomic mass is 10.1. The number of carboxylic acid groups (broad SMARTS) is 2. The van der Waals surface area contributed by atoms with Crippen molar-refractivity contribution in [1.82, 2.24) is 0 Å². The van der Waals surface area contributed by atoms with Crippen LogP contribution in [0, 0.1) is 13.8 Å². The number of carbonyl (C=O) groups is 5. The summed E-state index contributed by atoms with van der Waals surface area (Å²) in [6.45, 7) is 6.80. The summed E-state index contributed by atoms with van der Waals surface area (Å²) < 4.78 is 8.81. The van der Waals surface area contributed by atoms with Crippen LogP contribution in [-0.2, 0) is 19.1 Å². The van der Waals surface area contributed by atoms with Gasteiger partial charge in [0.1, 0.15) is 11.5 Å². The summed E-state index contributed by atoms with van der Waals surface area (Å²) in [6, 6.07) is 8.98. The predicted molar refractivity (Wildman–Crippen MR) is 112 cm³/mol. The van der Waals surface area contributed by atoms with E-state index in [1.165, 1.54) is 51.1 Å². The van der Waals surface area contributed by atoms with Crippen LogP contribution in [0.3, 0.4) is 0 Å². The highest BCUT2D eigenvalue weighted by atomic mass is 16.6. The fourth-order valence-electron chi connectivity index (χ4n) is 2.17. The molecule has 0 spiro atoms. The fourth-order valence-corrected chi connectivity index (χ4v) is 2.17. The molecule has 172 valence electrons. The molecule has 2 aromatic rings. The molecular formula is C22H24O10. The summed E-state index contributed by atoms with van der Waals surface area (Å²) >= 11 is 0. The predicted octanol–water partition coefficient (Wildman–Crippen LogP) is 3.11. The average molecular weight is 448 g/mol. The fraction of sp³-hybridized carbons (Fsp3) is 0.227. The van der Waals surface area contributed by atoms with Crippen molar-refractivity contribution >= 4 is 29.8 Å². The van der Waals surface area contributed by atoms with Crippen molar-refractivity contribution in [1.29, 1.82) is 0 Å². The van der Waals surface area contributed by atoms with Gasteiger partial charge in [0.15, 0.2) is 0 Å². The van der Waals surface area contributed by atoms with E-state index in [2.05, 4.69) is 4.74 Å². The minimum atomic E-state index is -1.03. The van der Waals surface area contributed by atoms with Gasteiger partial charge in [-0.25, -0.2) is 9.59 Å². The van der Waals surface area contributed by atoms with E-state index in [0.717, 1.165) is 0 Å². The highest BCUT2D eigenvalue weighted by molar-refractivity contribution is 5.90. The highest BCUT2D eigenvalue weighted by Crippen LogP contribution is 2.21. The Kier molecular flexibility index (Phi) is 11.4. The molecule has 0 aliphatic carbocycles. The van der Waals surface area contributed by atoms with Crippen LogP contribution in [0.25, 0.3) is 0 Å². The van der Waals surface area contributed by atoms with Crippen molar-refractivity contribution < 1.29 is 48.8 Å². The number of aromatic hydroxyl groups is 1. The summed E-state index contributed by atoms with van der Waals surface area (Å²) in [5, 5.41) is 26.4. The summed E-state index contributed by atoms with van der Waals surface area (Å²) in [5.41, 5.74) is 1.14. The van der Waals surface area contributed by atoms with E-state index in [1.807, 2.05) is 0 Å². The van der Waals surface area contributed by atoms with E-state index >= 15 is 0 Å². The molecule has 0 aliphatic rings. The Labute approximate surface area is 184 Å². The quantitative estimate of drug-likeness (QED) is 0.361. The first kappa shape index (κ1) is 27.8.